The Balaban J connectivity index is 1.50. The molecule has 2 aliphatic carbocycles. The maximum atomic E-state index is 12.4. The summed E-state index contributed by atoms with van der Waals surface area (Å²) in [5.74, 6) is 1.10. The molecule has 8 heteroatoms. The monoisotopic (exact) mass is 355 g/mol. The zero-order valence-electron chi connectivity index (χ0n) is 14.4. The van der Waals surface area contributed by atoms with Crippen LogP contribution in [0, 0.1) is 24.2 Å². The van der Waals surface area contributed by atoms with E-state index < -0.39 is 9.84 Å². The van der Waals surface area contributed by atoms with Crippen LogP contribution in [0.15, 0.2) is 4.52 Å². The van der Waals surface area contributed by atoms with Gasteiger partial charge in [0.15, 0.2) is 15.7 Å². The van der Waals surface area contributed by atoms with Crippen LogP contribution in [0.4, 0.5) is 0 Å². The van der Waals surface area contributed by atoms with Crippen molar-refractivity contribution in [2.24, 2.45) is 17.3 Å². The lowest BCUT2D eigenvalue weighted by Gasteiger charge is -2.24. The van der Waals surface area contributed by atoms with Gasteiger partial charge in [-0.25, -0.2) is 8.42 Å². The van der Waals surface area contributed by atoms with Gasteiger partial charge in [0.2, 0.25) is 11.8 Å². The van der Waals surface area contributed by atoms with Crippen molar-refractivity contribution in [3.63, 3.8) is 0 Å². The Labute approximate surface area is 142 Å². The van der Waals surface area contributed by atoms with Gasteiger partial charge in [-0.15, -0.1) is 0 Å². The van der Waals surface area contributed by atoms with Crippen LogP contribution in [-0.4, -0.2) is 42.5 Å². The third-order valence-corrected chi connectivity index (χ3v) is 7.15. The van der Waals surface area contributed by atoms with Crippen molar-refractivity contribution in [1.82, 2.24) is 15.5 Å². The van der Waals surface area contributed by atoms with Crippen LogP contribution in [0.1, 0.15) is 50.7 Å². The maximum absolute atomic E-state index is 12.4. The van der Waals surface area contributed by atoms with Gasteiger partial charge in [-0.3, -0.25) is 4.79 Å². The maximum Gasteiger partial charge on any atom is 0.231 e. The van der Waals surface area contributed by atoms with Gasteiger partial charge in [-0.2, -0.15) is 4.98 Å². The lowest BCUT2D eigenvalue weighted by molar-refractivity contribution is -0.122. The van der Waals surface area contributed by atoms with E-state index in [0.29, 0.717) is 17.6 Å². The minimum Gasteiger partial charge on any atom is -0.355 e. The van der Waals surface area contributed by atoms with Crippen molar-refractivity contribution in [3.8, 4) is 0 Å². The highest BCUT2D eigenvalue weighted by Gasteiger charge is 2.65. The average molecular weight is 355 g/mol. The fourth-order valence-corrected chi connectivity index (χ4v) is 5.20. The topological polar surface area (TPSA) is 102 Å². The van der Waals surface area contributed by atoms with Gasteiger partial charge in [0.25, 0.3) is 0 Å². The number of aryl methyl sites for hydroxylation is 1. The molecule has 1 amide bonds. The number of aromatic nitrogens is 2. The Hall–Kier alpha value is -1.44. The van der Waals surface area contributed by atoms with Crippen molar-refractivity contribution in [3.05, 3.63) is 11.7 Å². The second-order valence-corrected chi connectivity index (χ2v) is 9.89. The van der Waals surface area contributed by atoms with Crippen molar-refractivity contribution in [1.29, 1.82) is 0 Å². The standard InChI is InChI=1S/C16H25N3O4S/c1-10-18-15(23-19-10)13-12(16(13,2)3)14(20)17-7-8-24(21,22)9-11-5-4-6-11/h11-13H,4-9H2,1-3H3,(H,17,20)/t12-,13+/m1/s1. The number of sulfone groups is 1. The van der Waals surface area contributed by atoms with Gasteiger partial charge in [0.05, 0.1) is 23.3 Å². The number of hydrogen-bond acceptors (Lipinski definition) is 6. The molecule has 0 aliphatic heterocycles. The first-order valence-electron chi connectivity index (χ1n) is 8.49. The average Bonchev–Trinajstić information content (AvgIpc) is 2.77. The summed E-state index contributed by atoms with van der Waals surface area (Å²) in [4.78, 5) is 16.6. The number of rotatable bonds is 7. The third kappa shape index (κ3) is 3.48. The van der Waals surface area contributed by atoms with E-state index in [1.54, 1.807) is 6.92 Å². The summed E-state index contributed by atoms with van der Waals surface area (Å²) in [6.45, 7) is 5.87. The molecule has 0 bridgehead atoms. The van der Waals surface area contributed by atoms with Crippen molar-refractivity contribution >= 4 is 15.7 Å². The number of carbonyl (C=O) groups is 1. The lowest BCUT2D eigenvalue weighted by atomic mass is 9.87. The van der Waals surface area contributed by atoms with E-state index in [0.717, 1.165) is 19.3 Å². The minimum absolute atomic E-state index is 0.00667. The van der Waals surface area contributed by atoms with Crippen LogP contribution < -0.4 is 5.32 Å². The number of carbonyl (C=O) groups excluding carboxylic acids is 1. The van der Waals surface area contributed by atoms with E-state index in [2.05, 4.69) is 15.5 Å². The Morgan fingerprint density at radius 3 is 2.62 bits per heavy atom. The summed E-state index contributed by atoms with van der Waals surface area (Å²) in [5.41, 5.74) is -0.256. The van der Waals surface area contributed by atoms with Crippen molar-refractivity contribution in [2.45, 2.75) is 46.0 Å². The van der Waals surface area contributed by atoms with Crippen LogP contribution in [-0.2, 0) is 14.6 Å². The van der Waals surface area contributed by atoms with Crippen LogP contribution in [0.5, 0.6) is 0 Å². The number of amides is 1. The largest absolute Gasteiger partial charge is 0.355 e. The molecule has 0 aromatic carbocycles. The fraction of sp³-hybridized carbons (Fsp3) is 0.812. The molecule has 2 atom stereocenters. The smallest absolute Gasteiger partial charge is 0.231 e. The van der Waals surface area contributed by atoms with Gasteiger partial charge < -0.3 is 9.84 Å². The Bertz CT molecular complexity index is 721. The molecule has 0 saturated heterocycles. The van der Waals surface area contributed by atoms with Crippen LogP contribution in [0.3, 0.4) is 0 Å². The third-order valence-electron chi connectivity index (χ3n) is 5.35. The molecule has 2 aliphatic rings. The number of nitrogens with one attached hydrogen (secondary N) is 1. The molecule has 1 N–H and O–H groups in total. The van der Waals surface area contributed by atoms with E-state index in [9.17, 15) is 13.2 Å². The molecule has 24 heavy (non-hydrogen) atoms. The number of nitrogens with zero attached hydrogens (tertiary/aromatic N) is 2. The molecule has 3 rings (SSSR count). The van der Waals surface area contributed by atoms with Crippen LogP contribution in [0.25, 0.3) is 0 Å². The van der Waals surface area contributed by atoms with Crippen molar-refractivity contribution < 1.29 is 17.7 Å². The molecule has 0 radical (unpaired) electrons. The van der Waals surface area contributed by atoms with Gasteiger partial charge in [0.1, 0.15) is 0 Å². The van der Waals surface area contributed by atoms with E-state index >= 15 is 0 Å². The predicted octanol–water partition coefficient (Wildman–Crippen LogP) is 1.45. The Kier molecular flexibility index (Phi) is 4.44. The molecule has 2 fully saturated rings. The molecule has 0 spiro atoms. The quantitative estimate of drug-likeness (QED) is 0.794. The molecule has 0 unspecified atom stereocenters. The zero-order chi connectivity index (χ0) is 17.5. The van der Waals surface area contributed by atoms with Gasteiger partial charge in [0, 0.05) is 6.54 Å². The lowest BCUT2D eigenvalue weighted by Crippen LogP contribution is -2.33. The van der Waals surface area contributed by atoms with Crippen LogP contribution >= 0.6 is 0 Å². The van der Waals surface area contributed by atoms with Gasteiger partial charge in [-0.05, 0) is 31.1 Å². The molecule has 2 saturated carbocycles. The summed E-state index contributed by atoms with van der Waals surface area (Å²) >= 11 is 0. The summed E-state index contributed by atoms with van der Waals surface area (Å²) in [5, 5.41) is 6.54. The highest BCUT2D eigenvalue weighted by molar-refractivity contribution is 7.91. The van der Waals surface area contributed by atoms with E-state index in [-0.39, 0.29) is 41.2 Å². The second-order valence-electron chi connectivity index (χ2n) is 7.66. The molecule has 7 nitrogen and oxygen atoms in total. The Morgan fingerprint density at radius 1 is 1.38 bits per heavy atom. The molecule has 1 aromatic rings. The first-order chi connectivity index (χ1) is 11.2. The van der Waals surface area contributed by atoms with E-state index in [1.165, 1.54) is 0 Å². The fourth-order valence-electron chi connectivity index (χ4n) is 3.57. The zero-order valence-corrected chi connectivity index (χ0v) is 15.2. The van der Waals surface area contributed by atoms with Gasteiger partial charge in [-0.1, -0.05) is 25.4 Å². The second kappa shape index (κ2) is 6.13. The normalized spacial score (nSPS) is 26.0. The van der Waals surface area contributed by atoms with Crippen molar-refractivity contribution in [2.75, 3.05) is 18.1 Å². The molecule has 1 aromatic heterocycles. The first-order valence-corrected chi connectivity index (χ1v) is 10.3. The summed E-state index contributed by atoms with van der Waals surface area (Å²) < 4.78 is 29.3. The molecule has 134 valence electrons. The summed E-state index contributed by atoms with van der Waals surface area (Å²) in [6, 6.07) is 0. The minimum atomic E-state index is -3.09. The Morgan fingerprint density at radius 2 is 2.08 bits per heavy atom. The molecule has 1 heterocycles. The highest BCUT2D eigenvalue weighted by Crippen LogP contribution is 2.63. The first kappa shape index (κ1) is 17.4. The molecular formula is C16H25N3O4S. The summed E-state index contributed by atoms with van der Waals surface area (Å²) in [6.07, 6.45) is 3.14. The SMILES string of the molecule is Cc1noc([C@@H]2[C@H](C(=O)NCCS(=O)(=O)CC3CCC3)C2(C)C)n1. The number of hydrogen-bond donors (Lipinski definition) is 1. The highest BCUT2D eigenvalue weighted by atomic mass is 32.2. The van der Waals surface area contributed by atoms with E-state index in [1.807, 2.05) is 13.8 Å². The van der Waals surface area contributed by atoms with E-state index in [4.69, 9.17) is 4.52 Å². The molecular weight excluding hydrogens is 330 g/mol. The van der Waals surface area contributed by atoms with Gasteiger partial charge >= 0.3 is 0 Å². The van der Waals surface area contributed by atoms with Crippen LogP contribution in [0.2, 0.25) is 0 Å². The summed E-state index contributed by atoms with van der Waals surface area (Å²) in [7, 11) is -3.09. The predicted molar refractivity (Wildman–Crippen MR) is 88.1 cm³/mol.